The molecule has 1 aliphatic rings. The third-order valence-corrected chi connectivity index (χ3v) is 4.73. The number of pyridine rings is 1. The van der Waals surface area contributed by atoms with Crippen LogP contribution in [-0.2, 0) is 0 Å². The minimum absolute atomic E-state index is 0.0942. The maximum atomic E-state index is 13.7. The molecule has 1 aliphatic carbocycles. The number of anilines is 1. The first kappa shape index (κ1) is 19.9. The SMILES string of the molecule is O=C(NC1CCCCCC1)c1ccnc(C(=O)Nc2ccc(F)c(F)c2F)c1. The van der Waals surface area contributed by atoms with Gasteiger partial charge >= 0.3 is 0 Å². The van der Waals surface area contributed by atoms with Crippen LogP contribution in [0.3, 0.4) is 0 Å². The molecule has 148 valence electrons. The Bertz CT molecular complexity index is 881. The average molecular weight is 391 g/mol. The van der Waals surface area contributed by atoms with Gasteiger partial charge in [0.15, 0.2) is 17.5 Å². The van der Waals surface area contributed by atoms with Crippen molar-refractivity contribution in [2.24, 2.45) is 0 Å². The Morgan fingerprint density at radius 2 is 1.64 bits per heavy atom. The van der Waals surface area contributed by atoms with Gasteiger partial charge in [-0.15, -0.1) is 0 Å². The smallest absolute Gasteiger partial charge is 0.274 e. The first-order chi connectivity index (χ1) is 13.5. The summed E-state index contributed by atoms with van der Waals surface area (Å²) in [4.78, 5) is 28.6. The fourth-order valence-corrected chi connectivity index (χ4v) is 3.20. The first-order valence-electron chi connectivity index (χ1n) is 9.17. The zero-order valence-electron chi connectivity index (χ0n) is 15.1. The van der Waals surface area contributed by atoms with Gasteiger partial charge in [-0.05, 0) is 37.1 Å². The molecular weight excluding hydrogens is 371 g/mol. The van der Waals surface area contributed by atoms with Gasteiger partial charge in [0, 0.05) is 17.8 Å². The summed E-state index contributed by atoms with van der Waals surface area (Å²) in [6, 6.07) is 4.46. The van der Waals surface area contributed by atoms with Crippen molar-refractivity contribution in [1.29, 1.82) is 0 Å². The average Bonchev–Trinajstić information content (AvgIpc) is 2.97. The van der Waals surface area contributed by atoms with E-state index in [1.54, 1.807) is 0 Å². The molecule has 0 bridgehead atoms. The van der Waals surface area contributed by atoms with Crippen molar-refractivity contribution in [2.75, 3.05) is 5.32 Å². The standard InChI is InChI=1S/C20H20F3N3O2/c21-14-7-8-15(18(23)17(14)22)26-20(28)16-11-12(9-10-24-16)19(27)25-13-5-3-1-2-4-6-13/h7-11,13H,1-6H2,(H,25,27)(H,26,28). The number of amides is 2. The lowest BCUT2D eigenvalue weighted by molar-refractivity contribution is 0.0933. The van der Waals surface area contributed by atoms with Crippen LogP contribution in [0.15, 0.2) is 30.5 Å². The molecule has 1 fully saturated rings. The van der Waals surface area contributed by atoms with Crippen LogP contribution >= 0.6 is 0 Å². The second-order valence-corrected chi connectivity index (χ2v) is 6.77. The maximum absolute atomic E-state index is 13.7. The zero-order valence-corrected chi connectivity index (χ0v) is 15.1. The topological polar surface area (TPSA) is 71.1 Å². The van der Waals surface area contributed by atoms with Crippen molar-refractivity contribution >= 4 is 17.5 Å². The Kier molecular flexibility index (Phi) is 6.28. The van der Waals surface area contributed by atoms with Gasteiger partial charge in [-0.2, -0.15) is 0 Å². The molecular formula is C20H20F3N3O2. The Balaban J connectivity index is 1.70. The van der Waals surface area contributed by atoms with Crippen molar-refractivity contribution in [2.45, 2.75) is 44.6 Å². The lowest BCUT2D eigenvalue weighted by Gasteiger charge is -2.16. The Morgan fingerprint density at radius 3 is 2.36 bits per heavy atom. The number of aromatic nitrogens is 1. The van der Waals surface area contributed by atoms with Gasteiger partial charge < -0.3 is 10.6 Å². The fraction of sp³-hybridized carbons (Fsp3) is 0.350. The number of hydrogen-bond donors (Lipinski definition) is 2. The second kappa shape index (κ2) is 8.86. The lowest BCUT2D eigenvalue weighted by atomic mass is 10.1. The van der Waals surface area contributed by atoms with E-state index in [-0.39, 0.29) is 23.2 Å². The molecule has 0 unspecified atom stereocenters. The summed E-state index contributed by atoms with van der Waals surface area (Å²) in [6.45, 7) is 0. The molecule has 0 spiro atoms. The Labute approximate surface area is 160 Å². The number of rotatable bonds is 4. The molecule has 28 heavy (non-hydrogen) atoms. The van der Waals surface area contributed by atoms with Crippen molar-refractivity contribution in [3.63, 3.8) is 0 Å². The molecule has 2 amide bonds. The highest BCUT2D eigenvalue weighted by Gasteiger charge is 2.19. The summed E-state index contributed by atoms with van der Waals surface area (Å²) in [6.07, 6.45) is 7.57. The van der Waals surface area contributed by atoms with E-state index >= 15 is 0 Å². The number of benzene rings is 1. The molecule has 1 aromatic carbocycles. The van der Waals surface area contributed by atoms with E-state index in [0.717, 1.165) is 44.6 Å². The molecule has 0 atom stereocenters. The van der Waals surface area contributed by atoms with Crippen molar-refractivity contribution < 1.29 is 22.8 Å². The van der Waals surface area contributed by atoms with E-state index in [1.165, 1.54) is 18.3 Å². The molecule has 3 rings (SSSR count). The van der Waals surface area contributed by atoms with E-state index in [2.05, 4.69) is 15.6 Å². The predicted molar refractivity (Wildman–Crippen MR) is 97.5 cm³/mol. The molecule has 1 heterocycles. The van der Waals surface area contributed by atoms with Gasteiger partial charge in [-0.25, -0.2) is 13.2 Å². The summed E-state index contributed by atoms with van der Waals surface area (Å²) in [7, 11) is 0. The monoisotopic (exact) mass is 391 g/mol. The summed E-state index contributed by atoms with van der Waals surface area (Å²) in [5.41, 5.74) is -0.410. The third-order valence-electron chi connectivity index (χ3n) is 4.73. The first-order valence-corrected chi connectivity index (χ1v) is 9.17. The van der Waals surface area contributed by atoms with Gasteiger partial charge in [-0.3, -0.25) is 14.6 Å². The number of carbonyl (C=O) groups is 2. The van der Waals surface area contributed by atoms with Crippen LogP contribution in [0.1, 0.15) is 59.4 Å². The molecule has 0 saturated heterocycles. The van der Waals surface area contributed by atoms with Crippen LogP contribution in [-0.4, -0.2) is 22.8 Å². The number of nitrogens with zero attached hydrogens (tertiary/aromatic N) is 1. The van der Waals surface area contributed by atoms with Gasteiger partial charge in [0.1, 0.15) is 5.69 Å². The number of hydrogen-bond acceptors (Lipinski definition) is 3. The van der Waals surface area contributed by atoms with E-state index in [4.69, 9.17) is 0 Å². The lowest BCUT2D eigenvalue weighted by Crippen LogP contribution is -2.34. The largest absolute Gasteiger partial charge is 0.349 e. The van der Waals surface area contributed by atoms with Crippen molar-refractivity contribution in [3.8, 4) is 0 Å². The van der Waals surface area contributed by atoms with Crippen LogP contribution < -0.4 is 10.6 Å². The molecule has 8 heteroatoms. The number of halogens is 3. The van der Waals surface area contributed by atoms with Gasteiger partial charge in [0.05, 0.1) is 5.69 Å². The summed E-state index contributed by atoms with van der Waals surface area (Å²) in [5, 5.41) is 5.10. The Hall–Kier alpha value is -2.90. The van der Waals surface area contributed by atoms with Crippen molar-refractivity contribution in [3.05, 3.63) is 59.2 Å². The van der Waals surface area contributed by atoms with E-state index in [0.29, 0.717) is 6.07 Å². The highest BCUT2D eigenvalue weighted by Crippen LogP contribution is 2.20. The number of nitrogens with one attached hydrogen (secondary N) is 2. The highest BCUT2D eigenvalue weighted by molar-refractivity contribution is 6.04. The second-order valence-electron chi connectivity index (χ2n) is 6.77. The molecule has 2 N–H and O–H groups in total. The summed E-state index contributed by atoms with van der Waals surface area (Å²) < 4.78 is 40.0. The van der Waals surface area contributed by atoms with Gasteiger partial charge in [0.25, 0.3) is 11.8 Å². The van der Waals surface area contributed by atoms with Crippen LogP contribution in [0, 0.1) is 17.5 Å². The molecule has 0 aliphatic heterocycles. The molecule has 1 saturated carbocycles. The quantitative estimate of drug-likeness (QED) is 0.606. The summed E-state index contributed by atoms with van der Waals surface area (Å²) in [5.74, 6) is -5.69. The normalized spacial score (nSPS) is 15.0. The van der Waals surface area contributed by atoms with E-state index in [1.807, 2.05) is 0 Å². The van der Waals surface area contributed by atoms with E-state index in [9.17, 15) is 22.8 Å². The number of carbonyl (C=O) groups excluding carboxylic acids is 2. The maximum Gasteiger partial charge on any atom is 0.274 e. The van der Waals surface area contributed by atoms with Crippen molar-refractivity contribution in [1.82, 2.24) is 10.3 Å². The minimum atomic E-state index is -1.68. The highest BCUT2D eigenvalue weighted by atomic mass is 19.2. The molecule has 5 nitrogen and oxygen atoms in total. The minimum Gasteiger partial charge on any atom is -0.349 e. The Morgan fingerprint density at radius 1 is 0.929 bits per heavy atom. The third kappa shape index (κ3) is 4.68. The molecule has 0 radical (unpaired) electrons. The predicted octanol–water partition coefficient (Wildman–Crippen LogP) is 4.20. The molecule has 2 aromatic rings. The van der Waals surface area contributed by atoms with Gasteiger partial charge in [0.2, 0.25) is 0 Å². The van der Waals surface area contributed by atoms with Crippen LogP contribution in [0.5, 0.6) is 0 Å². The van der Waals surface area contributed by atoms with E-state index < -0.39 is 29.0 Å². The van der Waals surface area contributed by atoms with Gasteiger partial charge in [-0.1, -0.05) is 25.7 Å². The molecule has 1 aromatic heterocycles. The van der Waals surface area contributed by atoms with Crippen LogP contribution in [0.25, 0.3) is 0 Å². The fourth-order valence-electron chi connectivity index (χ4n) is 3.20. The van der Waals surface area contributed by atoms with Crippen LogP contribution in [0.2, 0.25) is 0 Å². The summed E-state index contributed by atoms with van der Waals surface area (Å²) >= 11 is 0. The zero-order chi connectivity index (χ0) is 20.1. The van der Waals surface area contributed by atoms with Crippen LogP contribution in [0.4, 0.5) is 18.9 Å².